The number of hydrogen-bond donors (Lipinski definition) is 1. The molecule has 0 fully saturated rings. The van der Waals surface area contributed by atoms with E-state index in [9.17, 15) is 8.42 Å². The Morgan fingerprint density at radius 3 is 2.57 bits per heavy atom. The first-order valence-corrected chi connectivity index (χ1v) is 6.82. The van der Waals surface area contributed by atoms with Gasteiger partial charge in [-0.25, -0.2) is 8.42 Å². The van der Waals surface area contributed by atoms with Crippen LogP contribution in [0.2, 0.25) is 5.02 Å². The molecular weight excluding hydrogens is 313 g/mol. The molecule has 0 aliphatic rings. The van der Waals surface area contributed by atoms with Gasteiger partial charge in [0.25, 0.3) is 0 Å². The minimum Gasteiger partial charge on any atom is -0.281 e. The van der Waals surface area contributed by atoms with E-state index in [1.165, 1.54) is 0 Å². The predicted molar refractivity (Wildman–Crippen MR) is 62.4 cm³/mol. The van der Waals surface area contributed by atoms with E-state index in [2.05, 4.69) is 20.7 Å². The van der Waals surface area contributed by atoms with Crippen LogP contribution in [0.4, 0.5) is 5.69 Å². The molecule has 0 saturated carbocycles. The molecule has 0 atom stereocenters. The van der Waals surface area contributed by atoms with E-state index in [1.807, 2.05) is 0 Å². The van der Waals surface area contributed by atoms with E-state index in [1.54, 1.807) is 18.2 Å². The van der Waals surface area contributed by atoms with Crippen molar-refractivity contribution < 1.29 is 8.42 Å². The monoisotopic (exact) mass is 317 g/mol. The maximum absolute atomic E-state index is 11.1. The molecule has 1 rings (SSSR count). The van der Waals surface area contributed by atoms with Crippen LogP contribution in [0.25, 0.3) is 0 Å². The molecule has 0 saturated heterocycles. The minimum atomic E-state index is -3.47. The highest BCUT2D eigenvalue weighted by Gasteiger charge is 2.10. The van der Waals surface area contributed by atoms with Gasteiger partial charge in [0.05, 0.1) is 5.69 Å². The van der Waals surface area contributed by atoms with E-state index in [0.29, 0.717) is 15.2 Å². The summed E-state index contributed by atoms with van der Waals surface area (Å²) in [6, 6.07) is 4.72. The first-order chi connectivity index (χ1) is 6.44. The fourth-order valence-corrected chi connectivity index (χ4v) is 2.41. The van der Waals surface area contributed by atoms with Gasteiger partial charge in [-0.2, -0.15) is 0 Å². The summed E-state index contributed by atoms with van der Waals surface area (Å²) >= 11 is 14.1. The number of rotatable bonds is 3. The van der Waals surface area contributed by atoms with Crippen molar-refractivity contribution in [2.45, 2.75) is 0 Å². The third kappa shape index (κ3) is 3.31. The van der Waals surface area contributed by atoms with E-state index in [-0.39, 0.29) is 0 Å². The lowest BCUT2D eigenvalue weighted by molar-refractivity contribution is 0.605. The van der Waals surface area contributed by atoms with Gasteiger partial charge in [-0.15, -0.1) is 11.6 Å². The van der Waals surface area contributed by atoms with Gasteiger partial charge in [0.15, 0.2) is 0 Å². The van der Waals surface area contributed by atoms with E-state index in [4.69, 9.17) is 23.2 Å². The van der Waals surface area contributed by atoms with Crippen molar-refractivity contribution in [1.29, 1.82) is 0 Å². The molecule has 1 N–H and O–H groups in total. The van der Waals surface area contributed by atoms with Crippen LogP contribution in [0.15, 0.2) is 22.7 Å². The van der Waals surface area contributed by atoms with Crippen molar-refractivity contribution >= 4 is 54.8 Å². The molecule has 0 heterocycles. The number of sulfonamides is 1. The number of nitrogens with one attached hydrogen (secondary N) is 1. The molecule has 7 heteroatoms. The van der Waals surface area contributed by atoms with E-state index in [0.717, 1.165) is 0 Å². The zero-order chi connectivity index (χ0) is 10.8. The number of alkyl halides is 1. The minimum absolute atomic E-state index is 0.412. The first kappa shape index (κ1) is 12.1. The predicted octanol–water partition coefficient (Wildman–Crippen LogP) is 3.04. The molecule has 0 spiro atoms. The summed E-state index contributed by atoms with van der Waals surface area (Å²) in [5, 5.41) is 0.0351. The zero-order valence-electron chi connectivity index (χ0n) is 6.80. The highest BCUT2D eigenvalue weighted by Crippen LogP contribution is 2.26. The van der Waals surface area contributed by atoms with Crippen molar-refractivity contribution in [1.82, 2.24) is 0 Å². The second-order valence-corrected chi connectivity index (χ2v) is 6.05. The second-order valence-electron chi connectivity index (χ2n) is 2.45. The topological polar surface area (TPSA) is 46.2 Å². The SMILES string of the molecule is O=S(=O)(CCl)Nc1ccc(Cl)cc1Br. The van der Waals surface area contributed by atoms with Crippen molar-refractivity contribution in [2.24, 2.45) is 0 Å². The molecule has 0 bridgehead atoms. The number of hydrogen-bond acceptors (Lipinski definition) is 2. The molecular formula is C7H6BrCl2NO2S. The van der Waals surface area contributed by atoms with Gasteiger partial charge in [0.2, 0.25) is 10.0 Å². The third-order valence-electron chi connectivity index (χ3n) is 1.34. The summed E-state index contributed by atoms with van der Waals surface area (Å²) in [5.41, 5.74) is 0.412. The number of halogens is 3. The van der Waals surface area contributed by atoms with Crippen molar-refractivity contribution in [2.75, 3.05) is 9.93 Å². The summed E-state index contributed by atoms with van der Waals surface area (Å²) in [5.74, 6) is 0. The molecule has 78 valence electrons. The van der Waals surface area contributed by atoms with Crippen molar-refractivity contribution in [3.63, 3.8) is 0 Å². The average Bonchev–Trinajstić information content (AvgIpc) is 2.10. The van der Waals surface area contributed by atoms with E-state index >= 15 is 0 Å². The van der Waals surface area contributed by atoms with Crippen LogP contribution < -0.4 is 4.72 Å². The largest absolute Gasteiger partial charge is 0.281 e. The normalized spacial score (nSPS) is 11.4. The Balaban J connectivity index is 2.99. The Labute approximate surface area is 101 Å². The smallest absolute Gasteiger partial charge is 0.246 e. The van der Waals surface area contributed by atoms with Crippen LogP contribution in [-0.2, 0) is 10.0 Å². The van der Waals surface area contributed by atoms with Gasteiger partial charge in [-0.1, -0.05) is 11.6 Å². The third-order valence-corrected chi connectivity index (χ3v) is 3.91. The van der Waals surface area contributed by atoms with Gasteiger partial charge in [0.1, 0.15) is 5.21 Å². The second kappa shape index (κ2) is 4.70. The van der Waals surface area contributed by atoms with Crippen LogP contribution in [0.1, 0.15) is 0 Å². The summed E-state index contributed by atoms with van der Waals surface area (Å²) < 4.78 is 25.1. The van der Waals surface area contributed by atoms with Gasteiger partial charge in [-0.3, -0.25) is 4.72 Å². The Morgan fingerprint density at radius 1 is 1.43 bits per heavy atom. The fraction of sp³-hybridized carbons (Fsp3) is 0.143. The lowest BCUT2D eigenvalue weighted by atomic mass is 10.3. The lowest BCUT2D eigenvalue weighted by Gasteiger charge is -2.07. The Bertz CT molecular complexity index is 435. The van der Waals surface area contributed by atoms with Crippen LogP contribution >= 0.6 is 39.1 Å². The Hall–Kier alpha value is 0.0300. The molecule has 0 aromatic heterocycles. The van der Waals surface area contributed by atoms with Crippen molar-refractivity contribution in [3.05, 3.63) is 27.7 Å². The van der Waals surface area contributed by atoms with Gasteiger partial charge >= 0.3 is 0 Å². The first-order valence-electron chi connectivity index (χ1n) is 3.46. The molecule has 1 aromatic carbocycles. The lowest BCUT2D eigenvalue weighted by Crippen LogP contribution is -2.13. The number of benzene rings is 1. The maximum atomic E-state index is 11.1. The molecule has 0 radical (unpaired) electrons. The fourth-order valence-electron chi connectivity index (χ4n) is 0.767. The summed E-state index contributed by atoms with van der Waals surface area (Å²) in [6.07, 6.45) is 0. The molecule has 0 aliphatic heterocycles. The quantitative estimate of drug-likeness (QED) is 0.871. The van der Waals surface area contributed by atoms with Crippen LogP contribution in [0, 0.1) is 0 Å². The van der Waals surface area contributed by atoms with Crippen LogP contribution in [0.5, 0.6) is 0 Å². The summed E-state index contributed by atoms with van der Waals surface area (Å²) in [6.45, 7) is 0. The molecule has 3 nitrogen and oxygen atoms in total. The number of anilines is 1. The highest BCUT2D eigenvalue weighted by atomic mass is 79.9. The van der Waals surface area contributed by atoms with Gasteiger partial charge in [0, 0.05) is 9.50 Å². The Kier molecular flexibility index (Phi) is 4.06. The molecule has 0 unspecified atom stereocenters. The molecule has 14 heavy (non-hydrogen) atoms. The molecule has 0 aliphatic carbocycles. The maximum Gasteiger partial charge on any atom is 0.246 e. The average molecular weight is 319 g/mol. The van der Waals surface area contributed by atoms with Crippen LogP contribution in [0.3, 0.4) is 0 Å². The summed E-state index contributed by atoms with van der Waals surface area (Å²) in [7, 11) is -3.47. The summed E-state index contributed by atoms with van der Waals surface area (Å²) in [4.78, 5) is 0. The zero-order valence-corrected chi connectivity index (χ0v) is 10.7. The Morgan fingerprint density at radius 2 is 2.07 bits per heavy atom. The van der Waals surface area contributed by atoms with Gasteiger partial charge in [-0.05, 0) is 34.1 Å². The van der Waals surface area contributed by atoms with Crippen molar-refractivity contribution in [3.8, 4) is 0 Å². The molecule has 1 aromatic rings. The van der Waals surface area contributed by atoms with E-state index < -0.39 is 15.2 Å². The van der Waals surface area contributed by atoms with Gasteiger partial charge < -0.3 is 0 Å². The molecule has 0 amide bonds. The standard InChI is InChI=1S/C7H6BrCl2NO2S/c8-6-3-5(10)1-2-7(6)11-14(12,13)4-9/h1-3,11H,4H2. The van der Waals surface area contributed by atoms with Crippen LogP contribution in [-0.4, -0.2) is 13.6 Å². The highest BCUT2D eigenvalue weighted by molar-refractivity contribution is 9.10.